The summed E-state index contributed by atoms with van der Waals surface area (Å²) in [4.78, 5) is 12.6. The Labute approximate surface area is 171 Å². The third-order valence-corrected chi connectivity index (χ3v) is 6.63. The first-order chi connectivity index (χ1) is 14.0. The first-order valence-electron chi connectivity index (χ1n) is 9.95. The van der Waals surface area contributed by atoms with E-state index in [4.69, 9.17) is 0 Å². The number of nitrogens with one attached hydrogen (secondary N) is 2. The van der Waals surface area contributed by atoms with Crippen LogP contribution in [0.15, 0.2) is 65.7 Å². The molecule has 2 N–H and O–H groups in total. The summed E-state index contributed by atoms with van der Waals surface area (Å²) in [6.07, 6.45) is 4.98. The highest BCUT2D eigenvalue weighted by Crippen LogP contribution is 2.28. The van der Waals surface area contributed by atoms with Crippen molar-refractivity contribution in [3.05, 3.63) is 66.4 Å². The van der Waals surface area contributed by atoms with Gasteiger partial charge in [-0.1, -0.05) is 24.3 Å². The fraction of sp³-hybridized carbons (Fsp3) is 0.318. The van der Waals surface area contributed by atoms with Crippen molar-refractivity contribution >= 4 is 26.8 Å². The summed E-state index contributed by atoms with van der Waals surface area (Å²) >= 11 is 0. The van der Waals surface area contributed by atoms with E-state index in [1.165, 1.54) is 23.0 Å². The van der Waals surface area contributed by atoms with Crippen LogP contribution in [0.2, 0.25) is 0 Å². The lowest BCUT2D eigenvalue weighted by molar-refractivity contribution is 0.0952. The molecule has 0 radical (unpaired) electrons. The van der Waals surface area contributed by atoms with Gasteiger partial charge in [-0.15, -0.1) is 0 Å². The molecule has 0 spiro atoms. The van der Waals surface area contributed by atoms with Crippen molar-refractivity contribution in [3.63, 3.8) is 0 Å². The largest absolute Gasteiger partial charge is 0.352 e. The molecule has 0 aliphatic heterocycles. The zero-order valence-electron chi connectivity index (χ0n) is 16.2. The molecule has 1 amide bonds. The van der Waals surface area contributed by atoms with Crippen molar-refractivity contribution in [1.29, 1.82) is 0 Å². The SMILES string of the molecule is O=C(NCCCn1ccc2ccccc21)c1cccc(S(=O)(=O)NCC2CC2)c1. The fourth-order valence-electron chi connectivity index (χ4n) is 3.33. The Balaban J connectivity index is 1.31. The van der Waals surface area contributed by atoms with Crippen LogP contribution in [-0.2, 0) is 16.6 Å². The minimum atomic E-state index is -3.58. The van der Waals surface area contributed by atoms with Crippen molar-refractivity contribution < 1.29 is 13.2 Å². The zero-order chi connectivity index (χ0) is 20.3. The van der Waals surface area contributed by atoms with Crippen LogP contribution in [0.5, 0.6) is 0 Å². The van der Waals surface area contributed by atoms with Crippen LogP contribution < -0.4 is 10.0 Å². The van der Waals surface area contributed by atoms with Crippen molar-refractivity contribution in [2.24, 2.45) is 5.92 Å². The van der Waals surface area contributed by atoms with E-state index in [9.17, 15) is 13.2 Å². The van der Waals surface area contributed by atoms with Crippen molar-refractivity contribution in [3.8, 4) is 0 Å². The van der Waals surface area contributed by atoms with Gasteiger partial charge in [-0.2, -0.15) is 0 Å². The molecule has 0 bridgehead atoms. The Morgan fingerprint density at radius 2 is 1.90 bits per heavy atom. The number of carbonyl (C=O) groups is 1. The van der Waals surface area contributed by atoms with Gasteiger partial charge in [0.25, 0.3) is 5.91 Å². The fourth-order valence-corrected chi connectivity index (χ4v) is 4.49. The lowest BCUT2D eigenvalue weighted by atomic mass is 10.2. The molecular formula is C22H25N3O3S. The van der Waals surface area contributed by atoms with Crippen molar-refractivity contribution in [1.82, 2.24) is 14.6 Å². The van der Waals surface area contributed by atoms with Crippen molar-refractivity contribution in [2.75, 3.05) is 13.1 Å². The minimum absolute atomic E-state index is 0.129. The molecule has 2 aromatic carbocycles. The molecule has 3 aromatic rings. The van der Waals surface area contributed by atoms with E-state index in [0.29, 0.717) is 24.6 Å². The number of benzene rings is 2. The van der Waals surface area contributed by atoms with Gasteiger partial charge in [0.15, 0.2) is 0 Å². The van der Waals surface area contributed by atoms with E-state index in [-0.39, 0.29) is 10.8 Å². The predicted octanol–water partition coefficient (Wildman–Crippen LogP) is 3.15. The minimum Gasteiger partial charge on any atom is -0.352 e. The van der Waals surface area contributed by atoms with E-state index < -0.39 is 10.0 Å². The maximum Gasteiger partial charge on any atom is 0.251 e. The number of aryl methyl sites for hydroxylation is 1. The number of carbonyl (C=O) groups excluding carboxylic acids is 1. The summed E-state index contributed by atoms with van der Waals surface area (Å²) in [6, 6.07) is 16.5. The maximum atomic E-state index is 12.4. The summed E-state index contributed by atoms with van der Waals surface area (Å²) < 4.78 is 29.6. The molecule has 0 unspecified atom stereocenters. The lowest BCUT2D eigenvalue weighted by Crippen LogP contribution is -2.27. The van der Waals surface area contributed by atoms with E-state index >= 15 is 0 Å². The van der Waals surface area contributed by atoms with Gasteiger partial charge in [-0.25, -0.2) is 13.1 Å². The average molecular weight is 412 g/mol. The molecule has 1 heterocycles. The molecule has 152 valence electrons. The van der Waals surface area contributed by atoms with Crippen LogP contribution >= 0.6 is 0 Å². The Morgan fingerprint density at radius 3 is 2.72 bits per heavy atom. The normalized spacial score (nSPS) is 14.2. The van der Waals surface area contributed by atoms with E-state index in [2.05, 4.69) is 39.0 Å². The van der Waals surface area contributed by atoms with E-state index in [1.54, 1.807) is 12.1 Å². The second-order valence-corrected chi connectivity index (χ2v) is 9.27. The van der Waals surface area contributed by atoms with Gasteiger partial charge >= 0.3 is 0 Å². The van der Waals surface area contributed by atoms with Gasteiger partial charge in [-0.3, -0.25) is 4.79 Å². The quantitative estimate of drug-likeness (QED) is 0.531. The molecule has 0 atom stereocenters. The molecule has 1 aliphatic rings. The molecule has 4 rings (SSSR count). The number of fused-ring (bicyclic) bond motifs is 1. The van der Waals surface area contributed by atoms with Crippen LogP contribution in [0.25, 0.3) is 10.9 Å². The summed E-state index contributed by atoms with van der Waals surface area (Å²) in [5.41, 5.74) is 1.53. The number of amides is 1. The molecule has 0 saturated heterocycles. The first kappa shape index (κ1) is 19.7. The molecule has 1 saturated carbocycles. The number of nitrogens with zero attached hydrogens (tertiary/aromatic N) is 1. The van der Waals surface area contributed by atoms with Gasteiger partial charge in [0.2, 0.25) is 10.0 Å². The Kier molecular flexibility index (Phi) is 5.69. The highest BCUT2D eigenvalue weighted by atomic mass is 32.2. The number of rotatable bonds is 9. The summed E-state index contributed by atoms with van der Waals surface area (Å²) in [5, 5.41) is 4.08. The Hall–Kier alpha value is -2.64. The lowest BCUT2D eigenvalue weighted by Gasteiger charge is -2.09. The summed E-state index contributed by atoms with van der Waals surface area (Å²) in [5.74, 6) is 0.190. The molecule has 1 aliphatic carbocycles. The third kappa shape index (κ3) is 4.86. The van der Waals surface area contributed by atoms with Crippen LogP contribution in [-0.4, -0.2) is 32.0 Å². The zero-order valence-corrected chi connectivity index (χ0v) is 17.0. The Bertz CT molecular complexity index is 1120. The molecule has 1 fully saturated rings. The van der Waals surface area contributed by atoms with E-state index in [0.717, 1.165) is 25.8 Å². The second kappa shape index (κ2) is 8.39. The van der Waals surface area contributed by atoms with Gasteiger partial charge in [0, 0.05) is 36.9 Å². The molecule has 7 heteroatoms. The van der Waals surface area contributed by atoms with Crippen LogP contribution in [0.4, 0.5) is 0 Å². The number of para-hydroxylation sites is 1. The highest BCUT2D eigenvalue weighted by molar-refractivity contribution is 7.89. The van der Waals surface area contributed by atoms with Gasteiger partial charge < -0.3 is 9.88 Å². The van der Waals surface area contributed by atoms with Gasteiger partial charge in [0.1, 0.15) is 0 Å². The highest BCUT2D eigenvalue weighted by Gasteiger charge is 2.24. The van der Waals surface area contributed by atoms with E-state index in [1.807, 2.05) is 12.1 Å². The predicted molar refractivity (Wildman–Crippen MR) is 113 cm³/mol. The first-order valence-corrected chi connectivity index (χ1v) is 11.4. The number of sulfonamides is 1. The standard InChI is InChI=1S/C22H25N3O3S/c26-22(23-12-4-13-25-14-11-18-5-1-2-8-21(18)25)19-6-3-7-20(15-19)29(27,28)24-16-17-9-10-17/h1-3,5-8,11,14-15,17,24H,4,9-10,12-13,16H2,(H,23,26). The number of hydrogen-bond donors (Lipinski definition) is 2. The topological polar surface area (TPSA) is 80.2 Å². The maximum absolute atomic E-state index is 12.4. The smallest absolute Gasteiger partial charge is 0.251 e. The summed E-state index contributed by atoms with van der Waals surface area (Å²) in [6.45, 7) is 1.78. The van der Waals surface area contributed by atoms with Crippen LogP contribution in [0.3, 0.4) is 0 Å². The van der Waals surface area contributed by atoms with Crippen LogP contribution in [0, 0.1) is 5.92 Å². The number of hydrogen-bond acceptors (Lipinski definition) is 3. The number of aromatic nitrogens is 1. The molecule has 1 aromatic heterocycles. The molecule has 29 heavy (non-hydrogen) atoms. The third-order valence-electron chi connectivity index (χ3n) is 5.21. The Morgan fingerprint density at radius 1 is 1.07 bits per heavy atom. The molecule has 6 nitrogen and oxygen atoms in total. The van der Waals surface area contributed by atoms with Crippen LogP contribution in [0.1, 0.15) is 29.6 Å². The average Bonchev–Trinajstić information content (AvgIpc) is 3.49. The monoisotopic (exact) mass is 411 g/mol. The van der Waals surface area contributed by atoms with Gasteiger partial charge in [0.05, 0.1) is 4.90 Å². The van der Waals surface area contributed by atoms with Gasteiger partial charge in [-0.05, 0) is 60.9 Å². The second-order valence-electron chi connectivity index (χ2n) is 7.50. The summed E-state index contributed by atoms with van der Waals surface area (Å²) in [7, 11) is -3.58. The molecular weight excluding hydrogens is 386 g/mol. The van der Waals surface area contributed by atoms with Crippen molar-refractivity contribution in [2.45, 2.75) is 30.7 Å².